The van der Waals surface area contributed by atoms with E-state index in [1.807, 2.05) is 30.4 Å². The molecule has 2 atom stereocenters. The second kappa shape index (κ2) is 2.73. The van der Waals surface area contributed by atoms with Crippen molar-refractivity contribution < 1.29 is 0 Å². The molecule has 4 N–H and O–H groups in total. The Hall–Kier alpha value is -1.12. The maximum Gasteiger partial charge on any atom is 0.0491 e. The predicted molar refractivity (Wildman–Crippen MR) is 50.4 cm³/mol. The molecule has 0 unspecified atom stereocenters. The Bertz CT molecular complexity index is 317. The molecule has 2 rings (SSSR count). The van der Waals surface area contributed by atoms with E-state index in [-0.39, 0.29) is 12.1 Å². The van der Waals surface area contributed by atoms with Crippen molar-refractivity contribution in [3.05, 3.63) is 41.5 Å². The molecule has 2 nitrogen and oxygen atoms in total. The zero-order valence-corrected chi connectivity index (χ0v) is 6.77. The number of fused-ring (bicyclic) bond motifs is 1. The molecule has 1 aliphatic rings. The fraction of sp³-hybridized carbons (Fsp3) is 0.200. The number of benzene rings is 1. The molecule has 0 fully saturated rings. The van der Waals surface area contributed by atoms with Crippen LogP contribution in [0.3, 0.4) is 0 Å². The highest BCUT2D eigenvalue weighted by Crippen LogP contribution is 2.24. The quantitative estimate of drug-likeness (QED) is 0.595. The van der Waals surface area contributed by atoms with E-state index >= 15 is 0 Å². The van der Waals surface area contributed by atoms with E-state index in [1.165, 1.54) is 5.56 Å². The van der Waals surface area contributed by atoms with Gasteiger partial charge in [-0.25, -0.2) is 0 Å². The molecule has 0 saturated carbocycles. The second-order valence-electron chi connectivity index (χ2n) is 3.09. The average molecular weight is 160 g/mol. The summed E-state index contributed by atoms with van der Waals surface area (Å²) in [6, 6.07) is 7.99. The summed E-state index contributed by atoms with van der Waals surface area (Å²) in [6.07, 6.45) is 3.98. The number of nitrogens with two attached hydrogens (primary N) is 2. The molecule has 0 bridgehead atoms. The molecule has 2 heteroatoms. The van der Waals surface area contributed by atoms with Gasteiger partial charge in [0.1, 0.15) is 0 Å². The first-order valence-corrected chi connectivity index (χ1v) is 4.07. The van der Waals surface area contributed by atoms with Gasteiger partial charge in [-0.15, -0.1) is 0 Å². The van der Waals surface area contributed by atoms with Gasteiger partial charge in [-0.05, 0) is 11.1 Å². The van der Waals surface area contributed by atoms with Gasteiger partial charge in [0, 0.05) is 12.1 Å². The summed E-state index contributed by atoms with van der Waals surface area (Å²) < 4.78 is 0. The molecule has 0 heterocycles. The molecular formula is C10H12N2. The van der Waals surface area contributed by atoms with Crippen LogP contribution in [0.4, 0.5) is 0 Å². The van der Waals surface area contributed by atoms with Crippen LogP contribution in [0.2, 0.25) is 0 Å². The summed E-state index contributed by atoms with van der Waals surface area (Å²) in [7, 11) is 0. The maximum atomic E-state index is 5.91. The lowest BCUT2D eigenvalue weighted by Crippen LogP contribution is -2.34. The Balaban J connectivity index is 2.52. The average Bonchev–Trinajstić information content (AvgIpc) is 2.12. The minimum absolute atomic E-state index is 0.0418. The van der Waals surface area contributed by atoms with Crippen LogP contribution >= 0.6 is 0 Å². The van der Waals surface area contributed by atoms with Gasteiger partial charge < -0.3 is 11.5 Å². The van der Waals surface area contributed by atoms with E-state index in [4.69, 9.17) is 11.5 Å². The maximum absolute atomic E-state index is 5.91. The van der Waals surface area contributed by atoms with Gasteiger partial charge in [-0.3, -0.25) is 0 Å². The minimum atomic E-state index is -0.0498. The Morgan fingerprint density at radius 1 is 1.08 bits per heavy atom. The van der Waals surface area contributed by atoms with Gasteiger partial charge >= 0.3 is 0 Å². The first-order valence-electron chi connectivity index (χ1n) is 4.07. The third kappa shape index (κ3) is 1.05. The lowest BCUT2D eigenvalue weighted by atomic mass is 9.90. The highest BCUT2D eigenvalue weighted by molar-refractivity contribution is 5.58. The Labute approximate surface area is 71.9 Å². The summed E-state index contributed by atoms with van der Waals surface area (Å²) >= 11 is 0. The number of hydrogen-bond donors (Lipinski definition) is 2. The van der Waals surface area contributed by atoms with E-state index in [0.717, 1.165) is 5.56 Å². The van der Waals surface area contributed by atoms with Crippen LogP contribution in [-0.2, 0) is 0 Å². The van der Waals surface area contributed by atoms with Gasteiger partial charge in [0.05, 0.1) is 0 Å². The monoisotopic (exact) mass is 160 g/mol. The Morgan fingerprint density at radius 3 is 2.67 bits per heavy atom. The summed E-state index contributed by atoms with van der Waals surface area (Å²) in [6.45, 7) is 0. The van der Waals surface area contributed by atoms with Crippen LogP contribution < -0.4 is 11.5 Å². The Kier molecular flexibility index (Phi) is 1.71. The van der Waals surface area contributed by atoms with Gasteiger partial charge in [0.25, 0.3) is 0 Å². The van der Waals surface area contributed by atoms with Gasteiger partial charge in [-0.1, -0.05) is 36.4 Å². The predicted octanol–water partition coefficient (Wildman–Crippen LogP) is 1.04. The molecule has 12 heavy (non-hydrogen) atoms. The van der Waals surface area contributed by atoms with Crippen molar-refractivity contribution in [1.82, 2.24) is 0 Å². The van der Waals surface area contributed by atoms with Crippen molar-refractivity contribution in [3.8, 4) is 0 Å². The van der Waals surface area contributed by atoms with Crippen LogP contribution in [-0.4, -0.2) is 6.04 Å². The molecule has 0 saturated heterocycles. The lowest BCUT2D eigenvalue weighted by Gasteiger charge is -2.23. The summed E-state index contributed by atoms with van der Waals surface area (Å²) in [5.41, 5.74) is 14.0. The highest BCUT2D eigenvalue weighted by atomic mass is 14.8. The third-order valence-corrected chi connectivity index (χ3v) is 2.27. The molecule has 1 aromatic carbocycles. The van der Waals surface area contributed by atoms with Crippen molar-refractivity contribution in [2.75, 3.05) is 0 Å². The number of rotatable bonds is 0. The Morgan fingerprint density at radius 2 is 1.83 bits per heavy atom. The summed E-state index contributed by atoms with van der Waals surface area (Å²) in [4.78, 5) is 0. The SMILES string of the molecule is N[C@H]1C=Cc2ccccc2[C@@H]1N. The third-order valence-electron chi connectivity index (χ3n) is 2.27. The molecular weight excluding hydrogens is 148 g/mol. The smallest absolute Gasteiger partial charge is 0.0491 e. The molecule has 0 aromatic heterocycles. The molecule has 0 radical (unpaired) electrons. The zero-order valence-electron chi connectivity index (χ0n) is 6.77. The van der Waals surface area contributed by atoms with Crippen molar-refractivity contribution in [2.24, 2.45) is 11.5 Å². The standard InChI is InChI=1S/C10H12N2/c11-9-6-5-7-3-1-2-4-8(7)10(9)12/h1-6,9-10H,11-12H2/t9-,10-/m0/s1. The first-order chi connectivity index (χ1) is 5.79. The van der Waals surface area contributed by atoms with Crippen molar-refractivity contribution >= 4 is 6.08 Å². The molecule has 62 valence electrons. The normalized spacial score (nSPS) is 26.8. The summed E-state index contributed by atoms with van der Waals surface area (Å²) in [5, 5.41) is 0. The van der Waals surface area contributed by atoms with E-state index in [0.29, 0.717) is 0 Å². The molecule has 0 aliphatic heterocycles. The highest BCUT2D eigenvalue weighted by Gasteiger charge is 2.18. The lowest BCUT2D eigenvalue weighted by molar-refractivity contribution is 0.630. The van der Waals surface area contributed by atoms with Crippen molar-refractivity contribution in [2.45, 2.75) is 12.1 Å². The fourth-order valence-electron chi connectivity index (χ4n) is 1.51. The van der Waals surface area contributed by atoms with Crippen molar-refractivity contribution in [3.63, 3.8) is 0 Å². The van der Waals surface area contributed by atoms with Crippen LogP contribution in [0.5, 0.6) is 0 Å². The van der Waals surface area contributed by atoms with Crippen molar-refractivity contribution in [1.29, 1.82) is 0 Å². The van der Waals surface area contributed by atoms with Gasteiger partial charge in [0.2, 0.25) is 0 Å². The summed E-state index contributed by atoms with van der Waals surface area (Å²) in [5.74, 6) is 0. The van der Waals surface area contributed by atoms with E-state index in [2.05, 4.69) is 6.07 Å². The molecule has 1 aromatic rings. The van der Waals surface area contributed by atoms with Crippen LogP contribution in [0.1, 0.15) is 17.2 Å². The fourth-order valence-corrected chi connectivity index (χ4v) is 1.51. The largest absolute Gasteiger partial charge is 0.323 e. The van der Waals surface area contributed by atoms with Crippen LogP contribution in [0.15, 0.2) is 30.3 Å². The second-order valence-corrected chi connectivity index (χ2v) is 3.09. The topological polar surface area (TPSA) is 52.0 Å². The van der Waals surface area contributed by atoms with Gasteiger partial charge in [0.15, 0.2) is 0 Å². The molecule has 0 amide bonds. The minimum Gasteiger partial charge on any atom is -0.323 e. The van der Waals surface area contributed by atoms with E-state index in [1.54, 1.807) is 0 Å². The van der Waals surface area contributed by atoms with Crippen LogP contribution in [0.25, 0.3) is 6.08 Å². The van der Waals surface area contributed by atoms with Crippen LogP contribution in [0, 0.1) is 0 Å². The number of hydrogen-bond acceptors (Lipinski definition) is 2. The first kappa shape index (κ1) is 7.53. The molecule has 0 spiro atoms. The van der Waals surface area contributed by atoms with Gasteiger partial charge in [-0.2, -0.15) is 0 Å². The zero-order chi connectivity index (χ0) is 8.55. The van der Waals surface area contributed by atoms with E-state index in [9.17, 15) is 0 Å². The molecule has 1 aliphatic carbocycles. The van der Waals surface area contributed by atoms with E-state index < -0.39 is 0 Å².